The topological polar surface area (TPSA) is 58.6 Å². The second kappa shape index (κ2) is 9.40. The van der Waals surface area contributed by atoms with Crippen LogP contribution in [0.25, 0.3) is 0 Å². The first-order valence-electron chi connectivity index (χ1n) is 10.0. The van der Waals surface area contributed by atoms with Crippen molar-refractivity contribution in [3.63, 3.8) is 0 Å². The number of hydrogen-bond donors (Lipinski definition) is 1. The molecule has 2 amide bonds. The van der Waals surface area contributed by atoms with E-state index in [0.29, 0.717) is 13.2 Å². The van der Waals surface area contributed by atoms with Crippen LogP contribution in [0.2, 0.25) is 0 Å². The first-order valence-corrected chi connectivity index (χ1v) is 10.0. The highest BCUT2D eigenvalue weighted by Gasteiger charge is 2.35. The molecule has 2 unspecified atom stereocenters. The molecule has 1 saturated heterocycles. The normalized spacial score (nSPS) is 17.4. The zero-order valence-electron chi connectivity index (χ0n) is 16.6. The minimum absolute atomic E-state index is 0.0175. The van der Waals surface area contributed by atoms with Gasteiger partial charge >= 0.3 is 0 Å². The number of carbonyl (C=O) groups is 2. The van der Waals surface area contributed by atoms with Gasteiger partial charge in [-0.05, 0) is 43.2 Å². The summed E-state index contributed by atoms with van der Waals surface area (Å²) in [6.07, 6.45) is 2.09. The van der Waals surface area contributed by atoms with Gasteiger partial charge in [0.05, 0.1) is 18.6 Å². The van der Waals surface area contributed by atoms with Crippen LogP contribution in [0.15, 0.2) is 54.6 Å². The fourth-order valence-corrected chi connectivity index (χ4v) is 3.61. The van der Waals surface area contributed by atoms with E-state index in [0.717, 1.165) is 29.8 Å². The summed E-state index contributed by atoms with van der Waals surface area (Å²) in [5, 5.41) is 3.16. The van der Waals surface area contributed by atoms with E-state index >= 15 is 0 Å². The first-order chi connectivity index (χ1) is 13.6. The quantitative estimate of drug-likeness (QED) is 0.750. The number of carbonyl (C=O) groups excluding carboxylic acids is 2. The Morgan fingerprint density at radius 2 is 1.86 bits per heavy atom. The third-order valence-corrected chi connectivity index (χ3v) is 5.05. The van der Waals surface area contributed by atoms with Crippen LogP contribution in [-0.4, -0.2) is 25.0 Å². The summed E-state index contributed by atoms with van der Waals surface area (Å²) in [6.45, 7) is 5.05. The van der Waals surface area contributed by atoms with Gasteiger partial charge in [-0.3, -0.25) is 9.59 Å². The van der Waals surface area contributed by atoms with E-state index in [9.17, 15) is 9.59 Å². The molecule has 1 heterocycles. The molecule has 148 valence electrons. The largest absolute Gasteiger partial charge is 0.494 e. The average molecular weight is 380 g/mol. The lowest BCUT2D eigenvalue weighted by Gasteiger charge is -2.21. The second-order valence-corrected chi connectivity index (χ2v) is 7.09. The molecule has 3 rings (SSSR count). The van der Waals surface area contributed by atoms with Gasteiger partial charge in [0.2, 0.25) is 11.8 Å². The molecule has 1 N–H and O–H groups in total. The fourth-order valence-electron chi connectivity index (χ4n) is 3.61. The highest BCUT2D eigenvalue weighted by atomic mass is 16.5. The molecule has 1 fully saturated rings. The highest BCUT2D eigenvalue weighted by Crippen LogP contribution is 2.28. The van der Waals surface area contributed by atoms with Crippen LogP contribution in [0.3, 0.4) is 0 Å². The lowest BCUT2D eigenvalue weighted by Crippen LogP contribution is -2.35. The number of ether oxygens (including phenoxy) is 1. The van der Waals surface area contributed by atoms with Gasteiger partial charge in [0.1, 0.15) is 5.75 Å². The van der Waals surface area contributed by atoms with Crippen LogP contribution in [0.1, 0.15) is 44.7 Å². The monoisotopic (exact) mass is 380 g/mol. The zero-order valence-corrected chi connectivity index (χ0v) is 16.6. The van der Waals surface area contributed by atoms with E-state index in [1.54, 1.807) is 4.90 Å². The Morgan fingerprint density at radius 1 is 1.14 bits per heavy atom. The summed E-state index contributed by atoms with van der Waals surface area (Å²) in [6, 6.07) is 17.4. The highest BCUT2D eigenvalue weighted by molar-refractivity contribution is 6.00. The van der Waals surface area contributed by atoms with Crippen LogP contribution in [0.5, 0.6) is 5.75 Å². The SMILES string of the molecule is CCCC(NC(=O)C1CC(=O)N(c2ccc(OCC)cc2)C1)c1ccccc1. The molecule has 0 radical (unpaired) electrons. The summed E-state index contributed by atoms with van der Waals surface area (Å²) < 4.78 is 5.45. The van der Waals surface area contributed by atoms with Crippen LogP contribution >= 0.6 is 0 Å². The zero-order chi connectivity index (χ0) is 19.9. The Labute approximate surface area is 166 Å². The van der Waals surface area contributed by atoms with Crippen molar-refractivity contribution < 1.29 is 14.3 Å². The van der Waals surface area contributed by atoms with Crippen molar-refractivity contribution >= 4 is 17.5 Å². The molecule has 0 bridgehead atoms. The number of anilines is 1. The molecular weight excluding hydrogens is 352 g/mol. The predicted molar refractivity (Wildman–Crippen MR) is 110 cm³/mol. The molecule has 0 aromatic heterocycles. The van der Waals surface area contributed by atoms with Crippen molar-refractivity contribution in [2.75, 3.05) is 18.1 Å². The summed E-state index contributed by atoms with van der Waals surface area (Å²) in [5.41, 5.74) is 1.90. The third kappa shape index (κ3) is 4.71. The second-order valence-electron chi connectivity index (χ2n) is 7.09. The molecule has 5 nitrogen and oxygen atoms in total. The Hall–Kier alpha value is -2.82. The van der Waals surface area contributed by atoms with Gasteiger partial charge in [-0.25, -0.2) is 0 Å². The van der Waals surface area contributed by atoms with Gasteiger partial charge in [-0.15, -0.1) is 0 Å². The molecule has 2 atom stereocenters. The maximum Gasteiger partial charge on any atom is 0.227 e. The van der Waals surface area contributed by atoms with E-state index in [2.05, 4.69) is 12.2 Å². The predicted octanol–water partition coefficient (Wildman–Crippen LogP) is 4.10. The number of amides is 2. The van der Waals surface area contributed by atoms with E-state index in [-0.39, 0.29) is 30.2 Å². The molecule has 0 saturated carbocycles. The van der Waals surface area contributed by atoms with Crippen LogP contribution in [0, 0.1) is 5.92 Å². The molecule has 1 aliphatic heterocycles. The lowest BCUT2D eigenvalue weighted by molar-refractivity contribution is -0.127. The summed E-state index contributed by atoms with van der Waals surface area (Å²) in [4.78, 5) is 27.0. The third-order valence-electron chi connectivity index (χ3n) is 5.05. The van der Waals surface area contributed by atoms with Gasteiger partial charge in [0.25, 0.3) is 0 Å². The van der Waals surface area contributed by atoms with Crippen LogP contribution in [0.4, 0.5) is 5.69 Å². The molecule has 1 aliphatic rings. The number of hydrogen-bond acceptors (Lipinski definition) is 3. The molecule has 2 aromatic carbocycles. The molecule has 0 spiro atoms. The van der Waals surface area contributed by atoms with E-state index < -0.39 is 0 Å². The lowest BCUT2D eigenvalue weighted by atomic mass is 10.0. The molecule has 28 heavy (non-hydrogen) atoms. The van der Waals surface area contributed by atoms with Crippen molar-refractivity contribution in [1.29, 1.82) is 0 Å². The molecular formula is C23H28N2O3. The van der Waals surface area contributed by atoms with Gasteiger partial charge in [0, 0.05) is 18.7 Å². The number of rotatable bonds is 8. The van der Waals surface area contributed by atoms with Crippen molar-refractivity contribution in [2.24, 2.45) is 5.92 Å². The Bertz CT molecular complexity index is 789. The number of benzene rings is 2. The van der Waals surface area contributed by atoms with Crippen LogP contribution in [-0.2, 0) is 9.59 Å². The summed E-state index contributed by atoms with van der Waals surface area (Å²) in [5.74, 6) is 0.375. The molecule has 2 aromatic rings. The van der Waals surface area contributed by atoms with E-state index in [1.807, 2.05) is 61.5 Å². The first kappa shape index (κ1) is 19.9. The molecule has 5 heteroatoms. The average Bonchev–Trinajstić information content (AvgIpc) is 3.11. The summed E-state index contributed by atoms with van der Waals surface area (Å²) in [7, 11) is 0. The van der Waals surface area contributed by atoms with Gasteiger partial charge in [-0.2, -0.15) is 0 Å². The van der Waals surface area contributed by atoms with E-state index in [1.165, 1.54) is 0 Å². The van der Waals surface area contributed by atoms with Gasteiger partial charge in [0.15, 0.2) is 0 Å². The van der Waals surface area contributed by atoms with Crippen molar-refractivity contribution in [1.82, 2.24) is 5.32 Å². The number of nitrogens with zero attached hydrogens (tertiary/aromatic N) is 1. The maximum absolute atomic E-state index is 12.9. The van der Waals surface area contributed by atoms with Crippen molar-refractivity contribution in [2.45, 2.75) is 39.2 Å². The fraction of sp³-hybridized carbons (Fsp3) is 0.391. The Morgan fingerprint density at radius 3 is 2.50 bits per heavy atom. The minimum Gasteiger partial charge on any atom is -0.494 e. The standard InChI is InChI=1S/C23H28N2O3/c1-3-8-21(17-9-6-5-7-10-17)24-23(27)18-15-22(26)25(16-18)19-11-13-20(14-12-19)28-4-2/h5-7,9-14,18,21H,3-4,8,15-16H2,1-2H3,(H,24,27). The summed E-state index contributed by atoms with van der Waals surface area (Å²) >= 11 is 0. The minimum atomic E-state index is -0.331. The molecule has 0 aliphatic carbocycles. The Kier molecular flexibility index (Phi) is 6.69. The van der Waals surface area contributed by atoms with Crippen molar-refractivity contribution in [3.8, 4) is 5.75 Å². The van der Waals surface area contributed by atoms with Gasteiger partial charge < -0.3 is 15.0 Å². The van der Waals surface area contributed by atoms with Gasteiger partial charge in [-0.1, -0.05) is 43.7 Å². The maximum atomic E-state index is 12.9. The van der Waals surface area contributed by atoms with E-state index in [4.69, 9.17) is 4.74 Å². The Balaban J connectivity index is 1.65. The number of nitrogens with one attached hydrogen (secondary N) is 1. The van der Waals surface area contributed by atoms with Crippen molar-refractivity contribution in [3.05, 3.63) is 60.2 Å². The van der Waals surface area contributed by atoms with Crippen LogP contribution < -0.4 is 15.0 Å². The smallest absolute Gasteiger partial charge is 0.227 e.